The van der Waals surface area contributed by atoms with Gasteiger partial charge < -0.3 is 10.5 Å². The molecule has 1 aromatic carbocycles. The number of fused-ring (bicyclic) bond motifs is 1. The van der Waals surface area contributed by atoms with Gasteiger partial charge in [-0.15, -0.1) is 0 Å². The summed E-state index contributed by atoms with van der Waals surface area (Å²) in [5.74, 6) is 0.832. The predicted octanol–water partition coefficient (Wildman–Crippen LogP) is 3.02. The number of nitrogens with two attached hydrogens (primary N) is 1. The van der Waals surface area contributed by atoms with Gasteiger partial charge in [0.15, 0.2) is 0 Å². The molecule has 2 atom stereocenters. The number of ketones is 1. The molecule has 2 rings (SSSR count). The molecular formula is C17H25NO2. The number of carbonyl (C=O) groups is 1. The van der Waals surface area contributed by atoms with Crippen LogP contribution in [0.2, 0.25) is 0 Å². The van der Waals surface area contributed by atoms with Crippen LogP contribution >= 0.6 is 0 Å². The SMILES string of the molecule is CC(CCN)CCC(=O)CC1OCCc2ccccc21. The molecule has 3 heteroatoms. The fourth-order valence-electron chi connectivity index (χ4n) is 2.79. The molecule has 1 aromatic rings. The van der Waals surface area contributed by atoms with Gasteiger partial charge in [0.05, 0.1) is 12.7 Å². The molecule has 20 heavy (non-hydrogen) atoms. The standard InChI is InChI=1S/C17H25NO2/c1-13(8-10-18)6-7-15(19)12-17-16-5-3-2-4-14(16)9-11-20-17/h2-5,13,17H,6-12,18H2,1H3. The molecule has 0 saturated carbocycles. The van der Waals surface area contributed by atoms with E-state index in [9.17, 15) is 4.79 Å². The van der Waals surface area contributed by atoms with E-state index in [2.05, 4.69) is 25.1 Å². The van der Waals surface area contributed by atoms with Gasteiger partial charge >= 0.3 is 0 Å². The lowest BCUT2D eigenvalue weighted by molar-refractivity contribution is -0.122. The van der Waals surface area contributed by atoms with Gasteiger partial charge in [-0.05, 0) is 42.9 Å². The van der Waals surface area contributed by atoms with E-state index in [0.29, 0.717) is 31.1 Å². The van der Waals surface area contributed by atoms with E-state index in [0.717, 1.165) is 25.9 Å². The molecule has 0 radical (unpaired) electrons. The summed E-state index contributed by atoms with van der Waals surface area (Å²) in [6.07, 6.45) is 3.99. The van der Waals surface area contributed by atoms with Gasteiger partial charge in [0.1, 0.15) is 5.78 Å². The number of carbonyl (C=O) groups excluding carboxylic acids is 1. The minimum absolute atomic E-state index is 0.0442. The zero-order chi connectivity index (χ0) is 14.4. The zero-order valence-corrected chi connectivity index (χ0v) is 12.3. The molecule has 0 saturated heterocycles. The Kier molecular flexibility index (Phi) is 5.74. The van der Waals surface area contributed by atoms with Crippen molar-refractivity contribution in [2.75, 3.05) is 13.2 Å². The summed E-state index contributed by atoms with van der Waals surface area (Å²) < 4.78 is 5.79. The average Bonchev–Trinajstić information content (AvgIpc) is 2.46. The Morgan fingerprint density at radius 2 is 2.20 bits per heavy atom. The van der Waals surface area contributed by atoms with Gasteiger partial charge in [-0.25, -0.2) is 0 Å². The van der Waals surface area contributed by atoms with Crippen LogP contribution in [0.5, 0.6) is 0 Å². The molecule has 1 aliphatic heterocycles. The smallest absolute Gasteiger partial charge is 0.135 e. The monoisotopic (exact) mass is 275 g/mol. The van der Waals surface area contributed by atoms with Gasteiger partial charge in [-0.3, -0.25) is 4.79 Å². The third kappa shape index (κ3) is 4.15. The molecule has 1 heterocycles. The van der Waals surface area contributed by atoms with Crippen LogP contribution in [0.25, 0.3) is 0 Å². The average molecular weight is 275 g/mol. The molecule has 0 fully saturated rings. The summed E-state index contributed by atoms with van der Waals surface area (Å²) >= 11 is 0. The molecule has 0 aliphatic carbocycles. The summed E-state index contributed by atoms with van der Waals surface area (Å²) in [4.78, 5) is 12.1. The first kappa shape index (κ1) is 15.2. The van der Waals surface area contributed by atoms with Crippen molar-refractivity contribution < 1.29 is 9.53 Å². The maximum absolute atomic E-state index is 12.1. The van der Waals surface area contributed by atoms with Gasteiger partial charge in [0, 0.05) is 12.8 Å². The molecule has 3 nitrogen and oxygen atoms in total. The first-order valence-corrected chi connectivity index (χ1v) is 7.62. The van der Waals surface area contributed by atoms with Crippen LogP contribution < -0.4 is 5.73 Å². The van der Waals surface area contributed by atoms with Crippen molar-refractivity contribution in [2.24, 2.45) is 11.7 Å². The maximum Gasteiger partial charge on any atom is 0.135 e. The minimum atomic E-state index is -0.0442. The fourth-order valence-corrected chi connectivity index (χ4v) is 2.79. The molecule has 0 amide bonds. The number of hydrogen-bond acceptors (Lipinski definition) is 3. The fraction of sp³-hybridized carbons (Fsp3) is 0.588. The largest absolute Gasteiger partial charge is 0.373 e. The van der Waals surface area contributed by atoms with Crippen molar-refractivity contribution in [3.05, 3.63) is 35.4 Å². The Morgan fingerprint density at radius 1 is 1.40 bits per heavy atom. The van der Waals surface area contributed by atoms with Gasteiger partial charge in [-0.1, -0.05) is 31.2 Å². The first-order chi connectivity index (χ1) is 9.70. The second-order valence-corrected chi connectivity index (χ2v) is 5.77. The highest BCUT2D eigenvalue weighted by Crippen LogP contribution is 2.30. The second-order valence-electron chi connectivity index (χ2n) is 5.77. The highest BCUT2D eigenvalue weighted by molar-refractivity contribution is 5.79. The number of Topliss-reactive ketones (excluding diaryl/α,β-unsaturated/α-hetero) is 1. The van der Waals surface area contributed by atoms with Crippen molar-refractivity contribution >= 4 is 5.78 Å². The van der Waals surface area contributed by atoms with Crippen molar-refractivity contribution in [3.63, 3.8) is 0 Å². The maximum atomic E-state index is 12.1. The quantitative estimate of drug-likeness (QED) is 0.832. The summed E-state index contributed by atoms with van der Waals surface area (Å²) in [6, 6.07) is 8.30. The van der Waals surface area contributed by atoms with Crippen LogP contribution in [0, 0.1) is 5.92 Å². The van der Waals surface area contributed by atoms with E-state index in [1.165, 1.54) is 11.1 Å². The lowest BCUT2D eigenvalue weighted by Crippen LogP contribution is -2.19. The topological polar surface area (TPSA) is 52.3 Å². The summed E-state index contributed by atoms with van der Waals surface area (Å²) in [7, 11) is 0. The molecule has 110 valence electrons. The van der Waals surface area contributed by atoms with Crippen molar-refractivity contribution in [1.82, 2.24) is 0 Å². The lowest BCUT2D eigenvalue weighted by atomic mass is 9.92. The third-order valence-corrected chi connectivity index (χ3v) is 4.08. The summed E-state index contributed by atoms with van der Waals surface area (Å²) in [5, 5.41) is 0. The Labute approximate surface area is 121 Å². The molecule has 2 unspecified atom stereocenters. The zero-order valence-electron chi connectivity index (χ0n) is 12.3. The molecule has 0 spiro atoms. The van der Waals surface area contributed by atoms with Crippen LogP contribution in [0.4, 0.5) is 0 Å². The van der Waals surface area contributed by atoms with Crippen LogP contribution in [-0.4, -0.2) is 18.9 Å². The lowest BCUT2D eigenvalue weighted by Gasteiger charge is -2.25. The summed E-state index contributed by atoms with van der Waals surface area (Å²) in [5.41, 5.74) is 8.06. The van der Waals surface area contributed by atoms with Crippen LogP contribution in [-0.2, 0) is 16.0 Å². The molecule has 0 aromatic heterocycles. The second kappa shape index (κ2) is 7.55. The Bertz CT molecular complexity index is 444. The van der Waals surface area contributed by atoms with Crippen molar-refractivity contribution in [3.8, 4) is 0 Å². The third-order valence-electron chi connectivity index (χ3n) is 4.08. The predicted molar refractivity (Wildman–Crippen MR) is 80.5 cm³/mol. The van der Waals surface area contributed by atoms with E-state index in [1.807, 2.05) is 6.07 Å². The van der Waals surface area contributed by atoms with E-state index in [-0.39, 0.29) is 6.10 Å². The van der Waals surface area contributed by atoms with E-state index < -0.39 is 0 Å². The van der Waals surface area contributed by atoms with Gasteiger partial charge in [-0.2, -0.15) is 0 Å². The molecule has 0 bridgehead atoms. The van der Waals surface area contributed by atoms with Crippen LogP contribution in [0.15, 0.2) is 24.3 Å². The number of hydrogen-bond donors (Lipinski definition) is 1. The van der Waals surface area contributed by atoms with Crippen molar-refractivity contribution in [1.29, 1.82) is 0 Å². The molecular weight excluding hydrogens is 250 g/mol. The highest BCUT2D eigenvalue weighted by atomic mass is 16.5. The minimum Gasteiger partial charge on any atom is -0.373 e. The van der Waals surface area contributed by atoms with E-state index in [4.69, 9.17) is 10.5 Å². The molecule has 1 aliphatic rings. The van der Waals surface area contributed by atoms with E-state index >= 15 is 0 Å². The number of ether oxygens (including phenoxy) is 1. The van der Waals surface area contributed by atoms with Gasteiger partial charge in [0.25, 0.3) is 0 Å². The van der Waals surface area contributed by atoms with Gasteiger partial charge in [0.2, 0.25) is 0 Å². The normalized spacial score (nSPS) is 19.4. The Balaban J connectivity index is 1.86. The number of rotatable bonds is 7. The Hall–Kier alpha value is -1.19. The Morgan fingerprint density at radius 3 is 3.00 bits per heavy atom. The van der Waals surface area contributed by atoms with Crippen molar-refractivity contribution in [2.45, 2.75) is 45.1 Å². The molecule has 2 N–H and O–H groups in total. The van der Waals surface area contributed by atoms with E-state index in [1.54, 1.807) is 0 Å². The highest BCUT2D eigenvalue weighted by Gasteiger charge is 2.22. The summed E-state index contributed by atoms with van der Waals surface area (Å²) in [6.45, 7) is 3.58. The number of benzene rings is 1. The van der Waals surface area contributed by atoms with Crippen LogP contribution in [0.3, 0.4) is 0 Å². The van der Waals surface area contributed by atoms with Crippen LogP contribution in [0.1, 0.15) is 49.8 Å². The first-order valence-electron chi connectivity index (χ1n) is 7.62.